The molecule has 0 aromatic rings. The van der Waals surface area contributed by atoms with Gasteiger partial charge in [-0.15, -0.1) is 0 Å². The number of carbonyl (C=O) groups is 1. The zero-order valence-electron chi connectivity index (χ0n) is 12.8. The van der Waals surface area contributed by atoms with Gasteiger partial charge in [0.2, 0.25) is 0 Å². The molecule has 0 radical (unpaired) electrons. The standard InChI is InChI=1S/C13H16F6I2NO3/c1-10(20,8-21-22-8)9(23)25-7(6-4-2-3-5-6)11(24,12(14,15)16)13(17,18)19/h6-8,22,24H,2-5H2,1H3/q-1. The Morgan fingerprint density at radius 1 is 1.20 bits per heavy atom. The van der Waals surface area contributed by atoms with E-state index in [2.05, 4.69) is 3.53 Å². The predicted octanol–water partition coefficient (Wildman–Crippen LogP) is 0.0711. The number of ether oxygens (including phenoxy) is 1. The van der Waals surface area contributed by atoms with Crippen molar-refractivity contribution >= 4 is 28.6 Å². The average Bonchev–Trinajstić information content (AvgIpc) is 3.18. The zero-order chi connectivity index (χ0) is 19.3. The Morgan fingerprint density at radius 2 is 1.64 bits per heavy atom. The summed E-state index contributed by atoms with van der Waals surface area (Å²) >= 11 is 1.14. The zero-order valence-corrected chi connectivity index (χ0v) is 17.2. The Morgan fingerprint density at radius 3 is 2.00 bits per heavy atom. The third-order valence-electron chi connectivity index (χ3n) is 4.43. The van der Waals surface area contributed by atoms with Crippen LogP contribution in [0.4, 0.5) is 26.3 Å². The van der Waals surface area contributed by atoms with Crippen LogP contribution in [0.25, 0.3) is 0 Å². The number of halogens is 8. The molecule has 2 N–H and O–H groups in total. The van der Waals surface area contributed by atoms with Crippen LogP contribution >= 0.6 is 22.6 Å². The molecule has 148 valence electrons. The summed E-state index contributed by atoms with van der Waals surface area (Å²) in [7, 11) is 0. The molecule has 25 heavy (non-hydrogen) atoms. The SMILES string of the molecule is CC(I)(C(=O)OC(C1CCCC1)C(O)(C(F)(F)F)C(F)(F)F)C1N[I-]1. The van der Waals surface area contributed by atoms with Crippen molar-refractivity contribution in [2.75, 3.05) is 0 Å². The van der Waals surface area contributed by atoms with Crippen molar-refractivity contribution in [3.05, 3.63) is 0 Å². The molecule has 2 fully saturated rings. The first kappa shape index (κ1) is 21.7. The minimum atomic E-state index is -6.02. The molecule has 0 bridgehead atoms. The molecule has 1 saturated heterocycles. The topological polar surface area (TPSA) is 68.5 Å². The van der Waals surface area contributed by atoms with Gasteiger partial charge in [-0.05, 0) is 0 Å². The maximum absolute atomic E-state index is 13.3. The Labute approximate surface area is 164 Å². The molecule has 2 aliphatic rings. The van der Waals surface area contributed by atoms with Gasteiger partial charge < -0.3 is 0 Å². The van der Waals surface area contributed by atoms with Gasteiger partial charge >= 0.3 is 165 Å². The second kappa shape index (κ2) is 7.11. The Balaban J connectivity index is 2.39. The summed E-state index contributed by atoms with van der Waals surface area (Å²) in [4.78, 5) is 12.3. The van der Waals surface area contributed by atoms with Gasteiger partial charge in [-0.3, -0.25) is 0 Å². The fourth-order valence-corrected chi connectivity index (χ4v) is 6.15. The molecule has 0 amide bonds. The third kappa shape index (κ3) is 4.15. The summed E-state index contributed by atoms with van der Waals surface area (Å²) in [6.45, 7) is 1.40. The third-order valence-corrected chi connectivity index (χ3v) is 9.18. The molecule has 1 saturated carbocycles. The molecule has 1 aliphatic carbocycles. The van der Waals surface area contributed by atoms with Gasteiger partial charge in [0, 0.05) is 0 Å². The van der Waals surface area contributed by atoms with E-state index < -0.39 is 60.8 Å². The second-order valence-corrected chi connectivity index (χ2v) is 11.0. The van der Waals surface area contributed by atoms with Crippen molar-refractivity contribution < 1.29 is 62.5 Å². The van der Waals surface area contributed by atoms with Crippen LogP contribution in [0.15, 0.2) is 0 Å². The van der Waals surface area contributed by atoms with Crippen LogP contribution < -0.4 is 25.0 Å². The normalized spacial score (nSPS) is 26.5. The second-order valence-electron chi connectivity index (χ2n) is 6.29. The van der Waals surface area contributed by atoms with Crippen molar-refractivity contribution in [3.63, 3.8) is 0 Å². The fraction of sp³-hybridized carbons (Fsp3) is 0.923. The number of alkyl halides is 8. The summed E-state index contributed by atoms with van der Waals surface area (Å²) < 4.78 is 85.6. The summed E-state index contributed by atoms with van der Waals surface area (Å²) in [5.74, 6) is -2.38. The first-order valence-electron chi connectivity index (χ1n) is 7.36. The first-order valence-corrected chi connectivity index (χ1v) is 10.8. The molecule has 2 rings (SSSR count). The predicted molar refractivity (Wildman–Crippen MR) is 78.2 cm³/mol. The van der Waals surface area contributed by atoms with E-state index in [-0.39, 0.29) is 16.9 Å². The molecule has 0 aromatic carbocycles. The van der Waals surface area contributed by atoms with E-state index >= 15 is 0 Å². The van der Waals surface area contributed by atoms with Crippen LogP contribution in [0.3, 0.4) is 0 Å². The molecule has 4 nitrogen and oxygen atoms in total. The van der Waals surface area contributed by atoms with Gasteiger partial charge in [0.25, 0.3) is 0 Å². The molecule has 0 spiro atoms. The van der Waals surface area contributed by atoms with E-state index in [1.54, 1.807) is 22.6 Å². The van der Waals surface area contributed by atoms with Crippen molar-refractivity contribution in [3.8, 4) is 0 Å². The van der Waals surface area contributed by atoms with Gasteiger partial charge in [0.1, 0.15) is 0 Å². The Hall–Kier alpha value is 0.430. The Kier molecular flexibility index (Phi) is 6.18. The number of hydrogen-bond acceptors (Lipinski definition) is 4. The summed E-state index contributed by atoms with van der Waals surface area (Å²) in [5.41, 5.74) is -5.09. The van der Waals surface area contributed by atoms with Crippen molar-refractivity contribution in [2.45, 2.75) is 64.1 Å². The van der Waals surface area contributed by atoms with E-state index in [9.17, 15) is 36.2 Å². The van der Waals surface area contributed by atoms with Crippen LogP contribution in [0.5, 0.6) is 0 Å². The summed E-state index contributed by atoms with van der Waals surface area (Å²) in [5, 5.41) is 9.73. The van der Waals surface area contributed by atoms with Gasteiger partial charge in [-0.1, -0.05) is 0 Å². The van der Waals surface area contributed by atoms with Crippen molar-refractivity contribution in [1.82, 2.24) is 3.53 Å². The van der Waals surface area contributed by atoms with Crippen LogP contribution in [0.1, 0.15) is 32.6 Å². The van der Waals surface area contributed by atoms with Crippen LogP contribution in [0, 0.1) is 5.92 Å². The van der Waals surface area contributed by atoms with E-state index in [0.717, 1.165) is 0 Å². The van der Waals surface area contributed by atoms with Gasteiger partial charge in [-0.25, -0.2) is 0 Å². The number of nitrogens with one attached hydrogen (secondary N) is 1. The van der Waals surface area contributed by atoms with Crippen LogP contribution in [-0.4, -0.2) is 42.6 Å². The quantitative estimate of drug-likeness (QED) is 0.0891. The number of carbonyl (C=O) groups excluding carboxylic acids is 1. The monoisotopic (exact) mass is 602 g/mol. The van der Waals surface area contributed by atoms with E-state index in [1.807, 2.05) is 0 Å². The van der Waals surface area contributed by atoms with Crippen molar-refractivity contribution in [1.29, 1.82) is 0 Å². The summed E-state index contributed by atoms with van der Waals surface area (Å²) in [6.07, 6.45) is -13.9. The molecule has 12 heteroatoms. The van der Waals surface area contributed by atoms with Crippen molar-refractivity contribution in [2.24, 2.45) is 5.92 Å². The number of esters is 1. The van der Waals surface area contributed by atoms with E-state index in [1.165, 1.54) is 6.92 Å². The number of rotatable bonds is 5. The van der Waals surface area contributed by atoms with E-state index in [0.29, 0.717) is 12.8 Å². The minimum absolute atomic E-state index is 0.0268. The van der Waals surface area contributed by atoms with Gasteiger partial charge in [0.05, 0.1) is 0 Å². The molecule has 1 aliphatic heterocycles. The van der Waals surface area contributed by atoms with E-state index in [4.69, 9.17) is 4.74 Å². The number of aliphatic hydroxyl groups is 1. The summed E-state index contributed by atoms with van der Waals surface area (Å²) in [6, 6.07) is 0. The van der Waals surface area contributed by atoms with Crippen LogP contribution in [-0.2, 0) is 9.53 Å². The molecular formula is C13H16F6I2NO3-. The molecule has 0 aromatic heterocycles. The molecule has 3 unspecified atom stereocenters. The first-order chi connectivity index (χ1) is 11.2. The van der Waals surface area contributed by atoms with Gasteiger partial charge in [-0.2, -0.15) is 0 Å². The molecule has 3 atom stereocenters. The maximum atomic E-state index is 13.3. The number of hydrogen-bond donors (Lipinski definition) is 2. The Bertz CT molecular complexity index is 501. The molecular weight excluding hydrogens is 586 g/mol. The average molecular weight is 602 g/mol. The van der Waals surface area contributed by atoms with Gasteiger partial charge in [0.15, 0.2) is 0 Å². The van der Waals surface area contributed by atoms with Crippen LogP contribution in [0.2, 0.25) is 0 Å². The molecule has 1 heterocycles. The fourth-order valence-electron chi connectivity index (χ4n) is 2.84.